The van der Waals surface area contributed by atoms with Gasteiger partial charge in [0.05, 0.1) is 0 Å². The quantitative estimate of drug-likeness (QED) is 0.697. The molecule has 1 fully saturated rings. The van der Waals surface area contributed by atoms with Crippen LogP contribution in [0.5, 0.6) is 0 Å². The van der Waals surface area contributed by atoms with Gasteiger partial charge in [0, 0.05) is 11.6 Å². The number of hydrogen-bond donors (Lipinski definition) is 1. The van der Waals surface area contributed by atoms with E-state index in [1.54, 1.807) is 0 Å². The Morgan fingerprint density at radius 2 is 1.73 bits per heavy atom. The number of nitrogens with zero attached hydrogens (tertiary/aromatic N) is 1. The van der Waals surface area contributed by atoms with Crippen molar-refractivity contribution < 1.29 is 0 Å². The molecular weight excluding hydrogens is 184 g/mol. The van der Waals surface area contributed by atoms with Gasteiger partial charge in [0.15, 0.2) is 0 Å². The fourth-order valence-corrected chi connectivity index (χ4v) is 3.05. The molecule has 0 radical (unpaired) electrons. The average Bonchev–Trinajstić information content (AvgIpc) is 3.02. The summed E-state index contributed by atoms with van der Waals surface area (Å²) in [5.41, 5.74) is 0.358. The summed E-state index contributed by atoms with van der Waals surface area (Å²) in [6.45, 7) is 7.98. The summed E-state index contributed by atoms with van der Waals surface area (Å²) >= 11 is 0. The third-order valence-corrected chi connectivity index (χ3v) is 4.21. The summed E-state index contributed by atoms with van der Waals surface area (Å²) in [5, 5.41) is 3.73. The van der Waals surface area contributed by atoms with Gasteiger partial charge in [-0.2, -0.15) is 0 Å². The molecule has 1 N–H and O–H groups in total. The molecule has 2 nitrogen and oxygen atoms in total. The van der Waals surface area contributed by atoms with Gasteiger partial charge in [-0.25, -0.2) is 0 Å². The molecule has 0 aromatic heterocycles. The van der Waals surface area contributed by atoms with Crippen LogP contribution in [0.4, 0.5) is 0 Å². The van der Waals surface area contributed by atoms with Gasteiger partial charge in [0.2, 0.25) is 0 Å². The molecule has 0 heterocycles. The molecule has 15 heavy (non-hydrogen) atoms. The smallest absolute Gasteiger partial charge is 0.0353 e. The summed E-state index contributed by atoms with van der Waals surface area (Å²) in [4.78, 5) is 2.44. The van der Waals surface area contributed by atoms with E-state index in [1.165, 1.54) is 25.7 Å². The van der Waals surface area contributed by atoms with E-state index in [-0.39, 0.29) is 0 Å². The SMILES string of the molecule is CCNC(C1CC1)C(CC)(CC)N(C)C. The van der Waals surface area contributed by atoms with Crippen molar-refractivity contribution in [2.24, 2.45) is 5.92 Å². The lowest BCUT2D eigenvalue weighted by Crippen LogP contribution is -2.59. The summed E-state index contributed by atoms with van der Waals surface area (Å²) in [6, 6.07) is 0.687. The van der Waals surface area contributed by atoms with Crippen LogP contribution in [0.15, 0.2) is 0 Å². The van der Waals surface area contributed by atoms with Gasteiger partial charge in [-0.05, 0) is 52.2 Å². The largest absolute Gasteiger partial charge is 0.312 e. The van der Waals surface area contributed by atoms with Gasteiger partial charge < -0.3 is 10.2 Å². The molecule has 0 saturated heterocycles. The molecule has 0 amide bonds. The van der Waals surface area contributed by atoms with Gasteiger partial charge >= 0.3 is 0 Å². The molecule has 0 aromatic rings. The minimum atomic E-state index is 0.358. The van der Waals surface area contributed by atoms with Crippen molar-refractivity contribution in [2.75, 3.05) is 20.6 Å². The van der Waals surface area contributed by atoms with E-state index in [0.29, 0.717) is 11.6 Å². The first-order valence-electron chi connectivity index (χ1n) is 6.53. The molecule has 1 aliphatic carbocycles. The van der Waals surface area contributed by atoms with Crippen LogP contribution in [0.1, 0.15) is 46.5 Å². The number of likely N-dealkylation sites (N-methyl/N-ethyl adjacent to an activating group) is 2. The van der Waals surface area contributed by atoms with Crippen LogP contribution in [0.2, 0.25) is 0 Å². The lowest BCUT2D eigenvalue weighted by atomic mass is 9.80. The Morgan fingerprint density at radius 3 is 2.00 bits per heavy atom. The van der Waals surface area contributed by atoms with Crippen LogP contribution in [-0.4, -0.2) is 37.1 Å². The second-order valence-corrected chi connectivity index (χ2v) is 5.08. The minimum Gasteiger partial charge on any atom is -0.312 e. The Kier molecular flexibility index (Phi) is 4.60. The van der Waals surface area contributed by atoms with Crippen LogP contribution < -0.4 is 5.32 Å². The molecule has 1 unspecified atom stereocenters. The van der Waals surface area contributed by atoms with Crippen molar-refractivity contribution in [2.45, 2.75) is 58.0 Å². The highest BCUT2D eigenvalue weighted by Gasteiger charge is 2.45. The Balaban J connectivity index is 2.81. The molecule has 1 rings (SSSR count). The van der Waals surface area contributed by atoms with Gasteiger partial charge in [0.25, 0.3) is 0 Å². The monoisotopic (exact) mass is 212 g/mol. The van der Waals surface area contributed by atoms with E-state index in [2.05, 4.69) is 45.1 Å². The fraction of sp³-hybridized carbons (Fsp3) is 1.00. The maximum Gasteiger partial charge on any atom is 0.0353 e. The topological polar surface area (TPSA) is 15.3 Å². The minimum absolute atomic E-state index is 0.358. The lowest BCUT2D eigenvalue weighted by Gasteiger charge is -2.46. The number of rotatable bonds is 7. The predicted molar refractivity (Wildman–Crippen MR) is 67.2 cm³/mol. The molecular formula is C13H28N2. The van der Waals surface area contributed by atoms with Crippen molar-refractivity contribution in [3.8, 4) is 0 Å². The van der Waals surface area contributed by atoms with Crippen LogP contribution in [0.25, 0.3) is 0 Å². The molecule has 1 atom stereocenters. The van der Waals surface area contributed by atoms with Gasteiger partial charge in [0.1, 0.15) is 0 Å². The maximum atomic E-state index is 3.73. The molecule has 1 aliphatic rings. The molecule has 0 aliphatic heterocycles. The molecule has 1 saturated carbocycles. The zero-order chi connectivity index (χ0) is 11.5. The van der Waals surface area contributed by atoms with E-state index in [4.69, 9.17) is 0 Å². The Bertz CT molecular complexity index is 181. The predicted octanol–water partition coefficient (Wildman–Crippen LogP) is 2.49. The highest BCUT2D eigenvalue weighted by atomic mass is 15.2. The highest BCUT2D eigenvalue weighted by Crippen LogP contribution is 2.41. The van der Waals surface area contributed by atoms with Crippen molar-refractivity contribution in [1.82, 2.24) is 10.2 Å². The van der Waals surface area contributed by atoms with Crippen LogP contribution in [-0.2, 0) is 0 Å². The summed E-state index contributed by atoms with van der Waals surface area (Å²) < 4.78 is 0. The van der Waals surface area contributed by atoms with Crippen molar-refractivity contribution >= 4 is 0 Å². The van der Waals surface area contributed by atoms with Crippen LogP contribution in [0, 0.1) is 5.92 Å². The standard InChI is InChI=1S/C13H28N2/c1-6-13(7-2,15(4)5)12(14-8-3)11-9-10-11/h11-12,14H,6-10H2,1-5H3. The van der Waals surface area contributed by atoms with Crippen molar-refractivity contribution in [3.63, 3.8) is 0 Å². The van der Waals surface area contributed by atoms with Gasteiger partial charge in [-0.1, -0.05) is 20.8 Å². The van der Waals surface area contributed by atoms with E-state index in [0.717, 1.165) is 12.5 Å². The molecule has 0 bridgehead atoms. The second kappa shape index (κ2) is 5.31. The first-order chi connectivity index (χ1) is 7.12. The number of hydrogen-bond acceptors (Lipinski definition) is 2. The van der Waals surface area contributed by atoms with Crippen LogP contribution in [0.3, 0.4) is 0 Å². The number of nitrogens with one attached hydrogen (secondary N) is 1. The Labute approximate surface area is 95.4 Å². The zero-order valence-corrected chi connectivity index (χ0v) is 11.1. The first-order valence-corrected chi connectivity index (χ1v) is 6.53. The van der Waals surface area contributed by atoms with E-state index in [9.17, 15) is 0 Å². The molecule has 2 heteroatoms. The van der Waals surface area contributed by atoms with E-state index < -0.39 is 0 Å². The third-order valence-electron chi connectivity index (χ3n) is 4.21. The van der Waals surface area contributed by atoms with Crippen LogP contribution >= 0.6 is 0 Å². The Hall–Kier alpha value is -0.0800. The van der Waals surface area contributed by atoms with Crippen molar-refractivity contribution in [3.05, 3.63) is 0 Å². The third kappa shape index (κ3) is 2.54. The molecule has 0 spiro atoms. The fourth-order valence-electron chi connectivity index (χ4n) is 3.05. The summed E-state index contributed by atoms with van der Waals surface area (Å²) in [6.07, 6.45) is 5.33. The summed E-state index contributed by atoms with van der Waals surface area (Å²) in [7, 11) is 4.47. The molecule has 0 aromatic carbocycles. The normalized spacial score (nSPS) is 19.6. The zero-order valence-electron chi connectivity index (χ0n) is 11.1. The highest BCUT2D eigenvalue weighted by molar-refractivity contribution is 5.03. The van der Waals surface area contributed by atoms with Gasteiger partial charge in [-0.15, -0.1) is 0 Å². The van der Waals surface area contributed by atoms with E-state index in [1.807, 2.05) is 0 Å². The first kappa shape index (κ1) is 13.0. The maximum absolute atomic E-state index is 3.73. The lowest BCUT2D eigenvalue weighted by molar-refractivity contribution is 0.0789. The summed E-state index contributed by atoms with van der Waals surface area (Å²) in [5.74, 6) is 0.923. The second-order valence-electron chi connectivity index (χ2n) is 5.08. The average molecular weight is 212 g/mol. The Morgan fingerprint density at radius 1 is 1.20 bits per heavy atom. The van der Waals surface area contributed by atoms with E-state index >= 15 is 0 Å². The van der Waals surface area contributed by atoms with Crippen molar-refractivity contribution in [1.29, 1.82) is 0 Å². The van der Waals surface area contributed by atoms with Gasteiger partial charge in [-0.3, -0.25) is 0 Å². The molecule has 90 valence electrons.